The second kappa shape index (κ2) is 8.86. The summed E-state index contributed by atoms with van der Waals surface area (Å²) in [6.45, 7) is 3.95. The Morgan fingerprint density at radius 1 is 1.10 bits per heavy atom. The Hall–Kier alpha value is -4.28. The Morgan fingerprint density at radius 3 is 2.80 bits per heavy atom. The molecule has 204 valence electrons. The number of fused-ring (bicyclic) bond motifs is 4. The summed E-state index contributed by atoms with van der Waals surface area (Å²) in [5.41, 5.74) is 4.86. The number of H-pyrrole nitrogens is 1. The minimum absolute atomic E-state index is 0.129. The van der Waals surface area contributed by atoms with Gasteiger partial charge in [0.2, 0.25) is 0 Å². The molecule has 5 aromatic rings. The number of nitrogens with one attached hydrogen (secondary N) is 2. The number of aromatic amines is 1. The predicted molar refractivity (Wildman–Crippen MR) is 153 cm³/mol. The van der Waals surface area contributed by atoms with Crippen LogP contribution in [0.25, 0.3) is 28.2 Å². The number of hydrogen-bond acceptors (Lipinski definition) is 6. The van der Waals surface area contributed by atoms with Crippen molar-refractivity contribution in [1.29, 1.82) is 0 Å². The van der Waals surface area contributed by atoms with Gasteiger partial charge in [-0.25, -0.2) is 19.0 Å². The second-order valence-corrected chi connectivity index (χ2v) is 11.5. The molecule has 1 fully saturated rings. The smallest absolute Gasteiger partial charge is 0.254 e. The van der Waals surface area contributed by atoms with Crippen molar-refractivity contribution in [3.8, 4) is 28.2 Å². The molecule has 12 heteroatoms. The van der Waals surface area contributed by atoms with E-state index in [1.165, 1.54) is 10.7 Å². The SMILES string of the molecule is C=C1CCc2c(ccc(-c3cnc(C4C5CC5c5nc(-c6cc(Cl)ccc6-n6cc(Cl)nn6)cc(=O)n54)[nH]3)c2F)N1. The summed E-state index contributed by atoms with van der Waals surface area (Å²) in [7, 11) is 0. The molecule has 2 aromatic carbocycles. The number of halogens is 3. The van der Waals surface area contributed by atoms with Crippen LogP contribution in [0.1, 0.15) is 42.0 Å². The zero-order valence-corrected chi connectivity index (χ0v) is 22.9. The third-order valence-corrected chi connectivity index (χ3v) is 8.59. The van der Waals surface area contributed by atoms with Gasteiger partial charge < -0.3 is 10.3 Å². The van der Waals surface area contributed by atoms with Crippen molar-refractivity contribution in [3.05, 3.63) is 105 Å². The molecule has 1 aliphatic carbocycles. The highest BCUT2D eigenvalue weighted by Gasteiger charge is 2.55. The van der Waals surface area contributed by atoms with Crippen molar-refractivity contribution in [1.82, 2.24) is 34.5 Å². The van der Waals surface area contributed by atoms with Crippen LogP contribution in [-0.2, 0) is 6.42 Å². The lowest BCUT2D eigenvalue weighted by Gasteiger charge is -2.21. The van der Waals surface area contributed by atoms with Crippen LogP contribution in [0.5, 0.6) is 0 Å². The average molecular weight is 587 g/mol. The predicted octanol–water partition coefficient (Wildman–Crippen LogP) is 5.91. The Morgan fingerprint density at radius 2 is 1.98 bits per heavy atom. The molecule has 2 aliphatic heterocycles. The fourth-order valence-electron chi connectivity index (χ4n) is 6.18. The van der Waals surface area contributed by atoms with Gasteiger partial charge in [0, 0.05) is 45.1 Å². The van der Waals surface area contributed by atoms with Crippen molar-refractivity contribution in [2.45, 2.75) is 31.2 Å². The van der Waals surface area contributed by atoms with Crippen molar-refractivity contribution in [2.24, 2.45) is 5.92 Å². The molecule has 0 amide bonds. The summed E-state index contributed by atoms with van der Waals surface area (Å²) in [4.78, 5) is 26.5. The molecule has 8 rings (SSSR count). The van der Waals surface area contributed by atoms with Gasteiger partial charge in [-0.05, 0) is 55.5 Å². The number of imidazole rings is 1. The summed E-state index contributed by atoms with van der Waals surface area (Å²) in [5, 5.41) is 11.8. The van der Waals surface area contributed by atoms with Crippen LogP contribution >= 0.6 is 23.2 Å². The number of allylic oxidation sites excluding steroid dienone is 1. The van der Waals surface area contributed by atoms with Crippen molar-refractivity contribution >= 4 is 28.9 Å². The van der Waals surface area contributed by atoms with E-state index < -0.39 is 0 Å². The Labute approximate surface area is 242 Å². The summed E-state index contributed by atoms with van der Waals surface area (Å²) in [6, 6.07) is 10.1. The molecule has 1 saturated carbocycles. The molecule has 41 heavy (non-hydrogen) atoms. The van der Waals surface area contributed by atoms with Gasteiger partial charge in [-0.1, -0.05) is 35.0 Å². The van der Waals surface area contributed by atoms with E-state index in [9.17, 15) is 4.79 Å². The summed E-state index contributed by atoms with van der Waals surface area (Å²) < 4.78 is 18.8. The van der Waals surface area contributed by atoms with Crippen molar-refractivity contribution in [2.75, 3.05) is 5.32 Å². The fraction of sp³-hybridized carbons (Fsp3) is 0.207. The van der Waals surface area contributed by atoms with Gasteiger partial charge in [0.25, 0.3) is 5.56 Å². The molecular formula is C29H21Cl2FN8O. The van der Waals surface area contributed by atoms with Gasteiger partial charge in [0.1, 0.15) is 17.5 Å². The first-order valence-corrected chi connectivity index (χ1v) is 13.9. The monoisotopic (exact) mass is 586 g/mol. The number of benzene rings is 2. The molecule has 3 aliphatic rings. The van der Waals surface area contributed by atoms with Crippen molar-refractivity contribution in [3.63, 3.8) is 0 Å². The molecular weight excluding hydrogens is 566 g/mol. The Kier molecular flexibility index (Phi) is 5.30. The highest BCUT2D eigenvalue weighted by molar-refractivity contribution is 6.31. The zero-order chi connectivity index (χ0) is 28.0. The number of aromatic nitrogens is 7. The Bertz CT molecular complexity index is 1980. The molecule has 0 bridgehead atoms. The Balaban J connectivity index is 1.18. The molecule has 3 unspecified atom stereocenters. The molecule has 5 heterocycles. The lowest BCUT2D eigenvalue weighted by atomic mass is 9.97. The highest BCUT2D eigenvalue weighted by Crippen LogP contribution is 2.59. The maximum absolute atomic E-state index is 15.5. The molecule has 3 aromatic heterocycles. The molecule has 0 radical (unpaired) electrons. The van der Waals surface area contributed by atoms with E-state index in [2.05, 4.69) is 32.2 Å². The summed E-state index contributed by atoms with van der Waals surface area (Å²) in [6.07, 6.45) is 5.38. The van der Waals surface area contributed by atoms with Gasteiger partial charge in [-0.3, -0.25) is 9.36 Å². The molecule has 9 nitrogen and oxygen atoms in total. The summed E-state index contributed by atoms with van der Waals surface area (Å²) >= 11 is 12.3. The first-order chi connectivity index (χ1) is 19.9. The molecule has 0 saturated heterocycles. The van der Waals surface area contributed by atoms with E-state index in [4.69, 9.17) is 28.2 Å². The maximum Gasteiger partial charge on any atom is 0.254 e. The maximum atomic E-state index is 15.5. The van der Waals surface area contributed by atoms with Crippen LogP contribution in [0.15, 0.2) is 65.9 Å². The lowest BCUT2D eigenvalue weighted by molar-refractivity contribution is 0.509. The standard InChI is InChI=1S/C29H21Cl2FN8O/c1-13-2-4-15-20(34-13)6-5-16(26(15)32)22-11-33-28(35-22)27-17-9-18(17)29-36-21(10-25(41)40(27)29)19-8-14(30)3-7-23(19)39-12-24(31)37-38-39/h3,5-8,10-12,17-18,27,34H,1-2,4,9H2,(H,33,35). The quantitative estimate of drug-likeness (QED) is 0.271. The van der Waals surface area contributed by atoms with Crippen LogP contribution in [0, 0.1) is 11.7 Å². The van der Waals surface area contributed by atoms with Gasteiger partial charge >= 0.3 is 0 Å². The highest BCUT2D eigenvalue weighted by atomic mass is 35.5. The van der Waals surface area contributed by atoms with E-state index >= 15 is 4.39 Å². The second-order valence-electron chi connectivity index (χ2n) is 10.7. The largest absolute Gasteiger partial charge is 0.359 e. The van der Waals surface area contributed by atoms with Crippen LogP contribution in [0.4, 0.5) is 10.1 Å². The molecule has 2 N–H and O–H groups in total. The number of anilines is 1. The number of rotatable bonds is 4. The molecule has 3 atom stereocenters. The van der Waals surface area contributed by atoms with E-state index in [1.807, 2.05) is 6.07 Å². The van der Waals surface area contributed by atoms with E-state index in [-0.39, 0.29) is 34.4 Å². The number of hydrogen-bond donors (Lipinski definition) is 2. The van der Waals surface area contributed by atoms with E-state index in [0.29, 0.717) is 63.3 Å². The van der Waals surface area contributed by atoms with E-state index in [0.717, 1.165) is 17.8 Å². The van der Waals surface area contributed by atoms with E-state index in [1.54, 1.807) is 41.2 Å². The normalized spacial score (nSPS) is 20.4. The third-order valence-electron chi connectivity index (χ3n) is 8.18. The van der Waals surface area contributed by atoms with Gasteiger partial charge in [0.05, 0.1) is 35.5 Å². The fourth-order valence-corrected chi connectivity index (χ4v) is 6.48. The molecule has 0 spiro atoms. The minimum atomic E-state index is -0.309. The lowest BCUT2D eigenvalue weighted by Crippen LogP contribution is -2.27. The summed E-state index contributed by atoms with van der Waals surface area (Å²) in [5.74, 6) is 1.36. The average Bonchev–Trinajstić information content (AvgIpc) is 3.24. The topological polar surface area (TPSA) is 106 Å². The first-order valence-electron chi connectivity index (χ1n) is 13.2. The van der Waals surface area contributed by atoms with Crippen LogP contribution < -0.4 is 10.9 Å². The van der Waals surface area contributed by atoms with Gasteiger partial charge in [-0.2, -0.15) is 0 Å². The van der Waals surface area contributed by atoms with Crippen LogP contribution in [0.2, 0.25) is 10.2 Å². The first kappa shape index (κ1) is 24.5. The van der Waals surface area contributed by atoms with Crippen molar-refractivity contribution < 1.29 is 4.39 Å². The van der Waals surface area contributed by atoms with Crippen LogP contribution in [0.3, 0.4) is 0 Å². The van der Waals surface area contributed by atoms with Gasteiger partial charge in [-0.15, -0.1) is 5.10 Å². The third kappa shape index (κ3) is 3.85. The number of nitrogens with zero attached hydrogens (tertiary/aromatic N) is 6. The van der Waals surface area contributed by atoms with Crippen LogP contribution in [-0.4, -0.2) is 34.5 Å². The zero-order valence-electron chi connectivity index (χ0n) is 21.4. The minimum Gasteiger partial charge on any atom is -0.359 e. The van der Waals surface area contributed by atoms with Gasteiger partial charge in [0.15, 0.2) is 5.15 Å².